The first-order valence-electron chi connectivity index (χ1n) is 7.45. The second-order valence-corrected chi connectivity index (χ2v) is 5.90. The van der Waals surface area contributed by atoms with Crippen molar-refractivity contribution in [3.8, 4) is 0 Å². The summed E-state index contributed by atoms with van der Waals surface area (Å²) >= 11 is 0. The molecule has 1 amide bonds. The van der Waals surface area contributed by atoms with Crippen LogP contribution in [-0.4, -0.2) is 28.1 Å². The molecule has 0 saturated carbocycles. The number of aryl methyl sites for hydroxylation is 1. The highest BCUT2D eigenvalue weighted by Gasteiger charge is 2.21. The molecule has 0 spiro atoms. The molecule has 21 heavy (non-hydrogen) atoms. The Morgan fingerprint density at radius 3 is 2.38 bits per heavy atom. The molecule has 1 heterocycles. The molecule has 5 nitrogen and oxygen atoms in total. The van der Waals surface area contributed by atoms with Gasteiger partial charge in [0.15, 0.2) is 0 Å². The summed E-state index contributed by atoms with van der Waals surface area (Å²) in [6, 6.07) is 1.85. The minimum Gasteiger partial charge on any atom is -0.481 e. The van der Waals surface area contributed by atoms with E-state index in [9.17, 15) is 14.7 Å². The number of nitrogens with one attached hydrogen (secondary N) is 1. The SMILES string of the molecule is CCn1c(C)cc(C(=O)NCC(CC(C)C)C(=O)O)c1C. The van der Waals surface area contributed by atoms with Crippen LogP contribution >= 0.6 is 0 Å². The quantitative estimate of drug-likeness (QED) is 0.812. The lowest BCUT2D eigenvalue weighted by atomic mass is 9.97. The Morgan fingerprint density at radius 1 is 1.33 bits per heavy atom. The average molecular weight is 294 g/mol. The number of carboxylic acids is 1. The van der Waals surface area contributed by atoms with E-state index in [-0.39, 0.29) is 18.4 Å². The maximum Gasteiger partial charge on any atom is 0.308 e. The summed E-state index contributed by atoms with van der Waals surface area (Å²) in [5.74, 6) is -1.31. The van der Waals surface area contributed by atoms with Gasteiger partial charge in [-0.15, -0.1) is 0 Å². The number of amides is 1. The van der Waals surface area contributed by atoms with Crippen molar-refractivity contribution in [3.05, 3.63) is 23.0 Å². The summed E-state index contributed by atoms with van der Waals surface area (Å²) in [5.41, 5.74) is 2.59. The third kappa shape index (κ3) is 4.34. The van der Waals surface area contributed by atoms with E-state index in [1.807, 2.05) is 40.7 Å². The number of nitrogens with zero attached hydrogens (tertiary/aromatic N) is 1. The summed E-state index contributed by atoms with van der Waals surface area (Å²) in [7, 11) is 0. The highest BCUT2D eigenvalue weighted by molar-refractivity contribution is 5.95. The summed E-state index contributed by atoms with van der Waals surface area (Å²) in [5, 5.41) is 11.9. The third-order valence-corrected chi connectivity index (χ3v) is 3.75. The minimum atomic E-state index is -0.858. The molecule has 0 fully saturated rings. The van der Waals surface area contributed by atoms with Crippen molar-refractivity contribution in [1.82, 2.24) is 9.88 Å². The van der Waals surface area contributed by atoms with Gasteiger partial charge in [-0.2, -0.15) is 0 Å². The van der Waals surface area contributed by atoms with E-state index in [0.29, 0.717) is 12.0 Å². The number of rotatable bonds is 7. The van der Waals surface area contributed by atoms with Crippen LogP contribution in [0.15, 0.2) is 6.07 Å². The molecular weight excluding hydrogens is 268 g/mol. The topological polar surface area (TPSA) is 71.3 Å². The first-order chi connectivity index (χ1) is 9.77. The number of carbonyl (C=O) groups excluding carboxylic acids is 1. The van der Waals surface area contributed by atoms with E-state index >= 15 is 0 Å². The Balaban J connectivity index is 2.75. The Bertz CT molecular complexity index is 518. The third-order valence-electron chi connectivity index (χ3n) is 3.75. The van der Waals surface area contributed by atoms with Gasteiger partial charge in [0, 0.05) is 24.5 Å². The molecule has 1 aromatic heterocycles. The van der Waals surface area contributed by atoms with Crippen molar-refractivity contribution in [2.75, 3.05) is 6.54 Å². The molecule has 5 heteroatoms. The molecule has 0 aromatic carbocycles. The van der Waals surface area contributed by atoms with Gasteiger partial charge in [0.1, 0.15) is 0 Å². The van der Waals surface area contributed by atoms with E-state index in [1.165, 1.54) is 0 Å². The van der Waals surface area contributed by atoms with Gasteiger partial charge in [0.2, 0.25) is 0 Å². The molecule has 2 N–H and O–H groups in total. The fraction of sp³-hybridized carbons (Fsp3) is 0.625. The van der Waals surface area contributed by atoms with Crippen LogP contribution < -0.4 is 5.32 Å². The van der Waals surface area contributed by atoms with Crippen LogP contribution in [0.25, 0.3) is 0 Å². The first-order valence-corrected chi connectivity index (χ1v) is 7.45. The lowest BCUT2D eigenvalue weighted by Crippen LogP contribution is -2.33. The van der Waals surface area contributed by atoms with Gasteiger partial charge in [0.05, 0.1) is 11.5 Å². The smallest absolute Gasteiger partial charge is 0.308 e. The molecule has 118 valence electrons. The lowest BCUT2D eigenvalue weighted by Gasteiger charge is -2.15. The number of hydrogen-bond acceptors (Lipinski definition) is 2. The average Bonchev–Trinajstić information content (AvgIpc) is 2.68. The lowest BCUT2D eigenvalue weighted by molar-refractivity contribution is -0.142. The number of aliphatic carboxylic acids is 1. The molecule has 0 saturated heterocycles. The second-order valence-electron chi connectivity index (χ2n) is 5.90. The fourth-order valence-corrected chi connectivity index (χ4v) is 2.67. The molecule has 0 bridgehead atoms. The van der Waals surface area contributed by atoms with Crippen molar-refractivity contribution in [2.24, 2.45) is 11.8 Å². The van der Waals surface area contributed by atoms with E-state index in [0.717, 1.165) is 17.9 Å². The van der Waals surface area contributed by atoms with E-state index < -0.39 is 11.9 Å². The Labute approximate surface area is 126 Å². The van der Waals surface area contributed by atoms with Gasteiger partial charge in [-0.25, -0.2) is 0 Å². The van der Waals surface area contributed by atoms with Gasteiger partial charge in [-0.05, 0) is 39.2 Å². The molecule has 1 aromatic rings. The molecule has 0 aliphatic rings. The molecule has 1 unspecified atom stereocenters. The molecule has 1 rings (SSSR count). The summed E-state index contributed by atoms with van der Waals surface area (Å²) in [6.45, 7) is 10.8. The summed E-state index contributed by atoms with van der Waals surface area (Å²) in [4.78, 5) is 23.4. The highest BCUT2D eigenvalue weighted by atomic mass is 16.4. The molecule has 0 aliphatic heterocycles. The predicted octanol–water partition coefficient (Wildman–Crippen LogP) is 2.60. The van der Waals surface area contributed by atoms with Crippen LogP contribution in [0, 0.1) is 25.7 Å². The molecule has 0 aliphatic carbocycles. The van der Waals surface area contributed by atoms with Crippen LogP contribution in [-0.2, 0) is 11.3 Å². The van der Waals surface area contributed by atoms with Gasteiger partial charge < -0.3 is 15.0 Å². The van der Waals surface area contributed by atoms with E-state index in [2.05, 4.69) is 9.88 Å². The fourth-order valence-electron chi connectivity index (χ4n) is 2.67. The number of aromatic nitrogens is 1. The highest BCUT2D eigenvalue weighted by Crippen LogP contribution is 2.16. The van der Waals surface area contributed by atoms with Crippen LogP contribution in [0.3, 0.4) is 0 Å². The Kier molecular flexibility index (Phi) is 6.00. The zero-order valence-corrected chi connectivity index (χ0v) is 13.6. The van der Waals surface area contributed by atoms with Gasteiger partial charge in [-0.3, -0.25) is 9.59 Å². The van der Waals surface area contributed by atoms with Gasteiger partial charge in [-0.1, -0.05) is 13.8 Å². The summed E-state index contributed by atoms with van der Waals surface area (Å²) < 4.78 is 2.07. The predicted molar refractivity (Wildman–Crippen MR) is 82.5 cm³/mol. The number of carboxylic acid groups (broad SMARTS) is 1. The molecule has 0 radical (unpaired) electrons. The van der Waals surface area contributed by atoms with Crippen LogP contribution in [0.1, 0.15) is 48.9 Å². The minimum absolute atomic E-state index is 0.169. The maximum absolute atomic E-state index is 12.2. The zero-order valence-electron chi connectivity index (χ0n) is 13.6. The number of hydrogen-bond donors (Lipinski definition) is 2. The maximum atomic E-state index is 12.2. The second kappa shape index (κ2) is 7.29. The first kappa shape index (κ1) is 17.3. The van der Waals surface area contributed by atoms with Crippen molar-refractivity contribution in [3.63, 3.8) is 0 Å². The van der Waals surface area contributed by atoms with Crippen LogP contribution in [0.4, 0.5) is 0 Å². The van der Waals surface area contributed by atoms with E-state index in [1.54, 1.807) is 0 Å². The van der Waals surface area contributed by atoms with Crippen molar-refractivity contribution in [2.45, 2.75) is 47.6 Å². The summed E-state index contributed by atoms with van der Waals surface area (Å²) in [6.07, 6.45) is 0.559. The van der Waals surface area contributed by atoms with Crippen molar-refractivity contribution in [1.29, 1.82) is 0 Å². The van der Waals surface area contributed by atoms with Crippen molar-refractivity contribution < 1.29 is 14.7 Å². The Hall–Kier alpha value is -1.78. The van der Waals surface area contributed by atoms with Crippen LogP contribution in [0.2, 0.25) is 0 Å². The van der Waals surface area contributed by atoms with E-state index in [4.69, 9.17) is 0 Å². The molecule has 1 atom stereocenters. The largest absolute Gasteiger partial charge is 0.481 e. The van der Waals surface area contributed by atoms with Crippen molar-refractivity contribution >= 4 is 11.9 Å². The standard InChI is InChI=1S/C16H26N2O3/c1-6-18-11(4)8-14(12(18)5)15(19)17-9-13(16(20)21)7-10(2)3/h8,10,13H,6-7,9H2,1-5H3,(H,17,19)(H,20,21). The Morgan fingerprint density at radius 2 is 1.95 bits per heavy atom. The zero-order chi connectivity index (χ0) is 16.2. The normalized spacial score (nSPS) is 12.5. The van der Waals surface area contributed by atoms with Gasteiger partial charge in [0.25, 0.3) is 5.91 Å². The monoisotopic (exact) mass is 294 g/mol. The van der Waals surface area contributed by atoms with Gasteiger partial charge >= 0.3 is 5.97 Å². The number of carbonyl (C=O) groups is 2. The van der Waals surface area contributed by atoms with Crippen LogP contribution in [0.5, 0.6) is 0 Å². The molecular formula is C16H26N2O3.